The summed E-state index contributed by atoms with van der Waals surface area (Å²) < 4.78 is 0.858. The Kier molecular flexibility index (Phi) is 3.87. The minimum Gasteiger partial charge on any atom is -0.316 e. The summed E-state index contributed by atoms with van der Waals surface area (Å²) >= 11 is 0. The average molecular weight is 202 g/mol. The monoisotopic (exact) mass is 202 g/mol. The number of benzene rings is 1. The predicted molar refractivity (Wildman–Crippen MR) is 66.4 cm³/mol. The maximum absolute atomic E-state index is 3.85. The van der Waals surface area contributed by atoms with Crippen molar-refractivity contribution in [1.82, 2.24) is 0 Å². The number of rotatable bonds is 5. The molecule has 0 heterocycles. The molecule has 1 nitrogen and oxygen atoms in total. The van der Waals surface area contributed by atoms with E-state index < -0.39 is 0 Å². The molecule has 0 aliphatic heterocycles. The Morgan fingerprint density at radius 1 is 1.13 bits per heavy atom. The number of nitrogens with zero attached hydrogens (tertiary/aromatic N) is 1. The van der Waals surface area contributed by atoms with Crippen molar-refractivity contribution >= 4 is 0 Å². The first-order valence-electron chi connectivity index (χ1n) is 5.22. The predicted octanol–water partition coefficient (Wildman–Crippen LogP) is 3.00. The second-order valence-electron chi connectivity index (χ2n) is 4.38. The van der Waals surface area contributed by atoms with E-state index in [9.17, 15) is 0 Å². The quantitative estimate of drug-likeness (QED) is 0.508. The molecule has 0 aromatic heterocycles. The molecule has 0 N–H and O–H groups in total. The highest BCUT2D eigenvalue weighted by molar-refractivity contribution is 5.13. The first kappa shape index (κ1) is 11.7. The molecule has 0 aliphatic rings. The van der Waals surface area contributed by atoms with E-state index in [4.69, 9.17) is 0 Å². The SMILES string of the molecule is C=CC(C=C)[N+](C)(C)Cc1ccccc1. The molecule has 0 spiro atoms. The maximum Gasteiger partial charge on any atom is 0.126 e. The summed E-state index contributed by atoms with van der Waals surface area (Å²) in [5, 5.41) is 0. The van der Waals surface area contributed by atoms with E-state index in [0.29, 0.717) is 6.04 Å². The smallest absolute Gasteiger partial charge is 0.126 e. The van der Waals surface area contributed by atoms with Gasteiger partial charge in [-0.15, -0.1) is 0 Å². The Balaban J connectivity index is 2.79. The standard InChI is InChI=1S/C14H20N/c1-5-14(6-2)15(3,4)12-13-10-8-7-9-11-13/h5-11,14H,1-2,12H2,3-4H3/q+1. The van der Waals surface area contributed by atoms with Gasteiger partial charge in [-0.25, -0.2) is 0 Å². The fraction of sp³-hybridized carbons (Fsp3) is 0.286. The van der Waals surface area contributed by atoms with Gasteiger partial charge in [0.1, 0.15) is 12.6 Å². The summed E-state index contributed by atoms with van der Waals surface area (Å²) in [6.07, 6.45) is 3.91. The van der Waals surface area contributed by atoms with E-state index in [0.717, 1.165) is 11.0 Å². The lowest BCUT2D eigenvalue weighted by Crippen LogP contribution is -2.45. The molecule has 0 saturated carbocycles. The molecule has 0 atom stereocenters. The van der Waals surface area contributed by atoms with Gasteiger partial charge in [0.05, 0.1) is 14.1 Å². The van der Waals surface area contributed by atoms with Crippen molar-refractivity contribution < 1.29 is 4.48 Å². The van der Waals surface area contributed by atoms with Crippen LogP contribution in [0, 0.1) is 0 Å². The molecule has 0 bridgehead atoms. The average Bonchev–Trinajstić information content (AvgIpc) is 2.19. The van der Waals surface area contributed by atoms with Gasteiger partial charge in [-0.05, 0) is 12.2 Å². The lowest BCUT2D eigenvalue weighted by Gasteiger charge is -2.34. The molecule has 1 aromatic carbocycles. The van der Waals surface area contributed by atoms with Gasteiger partial charge in [0.25, 0.3) is 0 Å². The van der Waals surface area contributed by atoms with Crippen LogP contribution in [-0.2, 0) is 6.54 Å². The van der Waals surface area contributed by atoms with Crippen LogP contribution in [0.15, 0.2) is 55.6 Å². The van der Waals surface area contributed by atoms with Crippen molar-refractivity contribution in [2.75, 3.05) is 14.1 Å². The Hall–Kier alpha value is -1.34. The number of likely N-dealkylation sites (N-methyl/N-ethyl adjacent to an activating group) is 1. The first-order chi connectivity index (χ1) is 7.10. The molecule has 0 unspecified atom stereocenters. The number of hydrogen-bond acceptors (Lipinski definition) is 0. The molecule has 0 amide bonds. The molecule has 1 rings (SSSR count). The Labute approximate surface area is 92.9 Å². The zero-order valence-corrected chi connectivity index (χ0v) is 9.69. The lowest BCUT2D eigenvalue weighted by atomic mass is 10.1. The highest BCUT2D eigenvalue weighted by Gasteiger charge is 2.22. The van der Waals surface area contributed by atoms with Crippen molar-refractivity contribution in [2.45, 2.75) is 12.6 Å². The zero-order chi connectivity index (χ0) is 11.3. The van der Waals surface area contributed by atoms with Crippen LogP contribution in [0.4, 0.5) is 0 Å². The Morgan fingerprint density at radius 3 is 2.13 bits per heavy atom. The van der Waals surface area contributed by atoms with E-state index in [-0.39, 0.29) is 0 Å². The van der Waals surface area contributed by atoms with Gasteiger partial charge in [-0.3, -0.25) is 0 Å². The molecule has 0 radical (unpaired) electrons. The van der Waals surface area contributed by atoms with Crippen LogP contribution in [0.1, 0.15) is 5.56 Å². The molecular formula is C14H20N+. The van der Waals surface area contributed by atoms with Crippen LogP contribution in [0.3, 0.4) is 0 Å². The van der Waals surface area contributed by atoms with Gasteiger partial charge in [0.15, 0.2) is 0 Å². The first-order valence-corrected chi connectivity index (χ1v) is 5.22. The third-order valence-electron chi connectivity index (χ3n) is 2.72. The van der Waals surface area contributed by atoms with Gasteiger partial charge in [-0.2, -0.15) is 0 Å². The fourth-order valence-electron chi connectivity index (χ4n) is 1.83. The van der Waals surface area contributed by atoms with Crippen LogP contribution in [0.5, 0.6) is 0 Å². The fourth-order valence-corrected chi connectivity index (χ4v) is 1.83. The van der Waals surface area contributed by atoms with Crippen molar-refractivity contribution in [3.63, 3.8) is 0 Å². The minimum atomic E-state index is 0.296. The Bertz CT molecular complexity index is 316. The highest BCUT2D eigenvalue weighted by atomic mass is 15.3. The van der Waals surface area contributed by atoms with E-state index in [2.05, 4.69) is 51.5 Å². The summed E-state index contributed by atoms with van der Waals surface area (Å²) in [7, 11) is 4.39. The molecule has 15 heavy (non-hydrogen) atoms. The van der Waals surface area contributed by atoms with Crippen molar-refractivity contribution in [3.05, 3.63) is 61.2 Å². The molecule has 0 saturated heterocycles. The third kappa shape index (κ3) is 3.07. The highest BCUT2D eigenvalue weighted by Crippen LogP contribution is 2.15. The summed E-state index contributed by atoms with van der Waals surface area (Å²) in [6, 6.07) is 10.8. The van der Waals surface area contributed by atoms with Gasteiger partial charge in [0.2, 0.25) is 0 Å². The topological polar surface area (TPSA) is 0 Å². The van der Waals surface area contributed by atoms with Gasteiger partial charge < -0.3 is 4.48 Å². The zero-order valence-electron chi connectivity index (χ0n) is 9.69. The van der Waals surface area contributed by atoms with Gasteiger partial charge >= 0.3 is 0 Å². The lowest BCUT2D eigenvalue weighted by molar-refractivity contribution is -0.915. The van der Waals surface area contributed by atoms with E-state index in [1.54, 1.807) is 0 Å². The van der Waals surface area contributed by atoms with Crippen LogP contribution in [0.2, 0.25) is 0 Å². The number of hydrogen-bond donors (Lipinski definition) is 0. The van der Waals surface area contributed by atoms with E-state index in [1.165, 1.54) is 5.56 Å². The molecule has 0 aliphatic carbocycles. The molecular weight excluding hydrogens is 182 g/mol. The Morgan fingerprint density at radius 2 is 1.67 bits per heavy atom. The van der Waals surface area contributed by atoms with Crippen LogP contribution in [0.25, 0.3) is 0 Å². The molecule has 1 aromatic rings. The third-order valence-corrected chi connectivity index (χ3v) is 2.72. The molecule has 80 valence electrons. The summed E-state index contributed by atoms with van der Waals surface area (Å²) in [5.74, 6) is 0. The molecule has 0 fully saturated rings. The number of quaternary nitrogens is 1. The van der Waals surface area contributed by atoms with Crippen molar-refractivity contribution in [2.24, 2.45) is 0 Å². The van der Waals surface area contributed by atoms with Crippen molar-refractivity contribution in [1.29, 1.82) is 0 Å². The minimum absolute atomic E-state index is 0.296. The summed E-state index contributed by atoms with van der Waals surface area (Å²) in [5.41, 5.74) is 1.34. The van der Waals surface area contributed by atoms with Gasteiger partial charge in [-0.1, -0.05) is 43.5 Å². The van der Waals surface area contributed by atoms with Crippen LogP contribution in [-0.4, -0.2) is 24.6 Å². The second kappa shape index (κ2) is 4.94. The molecule has 1 heteroatoms. The summed E-state index contributed by atoms with van der Waals surface area (Å²) in [6.45, 7) is 8.70. The van der Waals surface area contributed by atoms with Crippen molar-refractivity contribution in [3.8, 4) is 0 Å². The maximum atomic E-state index is 3.85. The van der Waals surface area contributed by atoms with Crippen LogP contribution >= 0.6 is 0 Å². The second-order valence-corrected chi connectivity index (χ2v) is 4.38. The van der Waals surface area contributed by atoms with E-state index >= 15 is 0 Å². The normalized spacial score (nSPS) is 11.4. The van der Waals surface area contributed by atoms with Crippen LogP contribution < -0.4 is 0 Å². The van der Waals surface area contributed by atoms with E-state index in [1.807, 2.05) is 18.2 Å². The summed E-state index contributed by atoms with van der Waals surface area (Å²) in [4.78, 5) is 0. The largest absolute Gasteiger partial charge is 0.316 e. The van der Waals surface area contributed by atoms with Gasteiger partial charge in [0, 0.05) is 5.56 Å².